The second-order valence-electron chi connectivity index (χ2n) is 28.5. The van der Waals surface area contributed by atoms with Gasteiger partial charge in [-0.15, -0.1) is 0 Å². The first-order valence-corrected chi connectivity index (χ1v) is 35.9. The van der Waals surface area contributed by atoms with Crippen LogP contribution < -0.4 is 62.9 Å². The van der Waals surface area contributed by atoms with Gasteiger partial charge in [-0.3, -0.25) is 33.6 Å². The highest BCUT2D eigenvalue weighted by Crippen LogP contribution is 2.50. The molecule has 0 radical (unpaired) electrons. The molecule has 13 rings (SSSR count). The number of nitrogens with two attached hydrogens (primary N) is 2. The van der Waals surface area contributed by atoms with E-state index >= 15 is 14.4 Å². The number of amides is 7. The quantitative estimate of drug-likeness (QED) is 0.0505. The van der Waals surface area contributed by atoms with Gasteiger partial charge < -0.3 is 153 Å². The Morgan fingerprint density at radius 2 is 1.24 bits per heavy atom. The third kappa shape index (κ3) is 17.5. The Bertz CT molecular complexity index is 4430. The van der Waals surface area contributed by atoms with Crippen LogP contribution in [0.25, 0.3) is 11.1 Å². The van der Waals surface area contributed by atoms with Crippen molar-refractivity contribution < 1.29 is 143 Å². The smallest absolute Gasteiger partial charge is 0.330 e. The van der Waals surface area contributed by atoms with E-state index in [9.17, 15) is 90.4 Å². The number of aromatic hydroxyl groups is 3. The van der Waals surface area contributed by atoms with Crippen LogP contribution in [-0.2, 0) is 62.0 Å². The number of halogens is 2. The van der Waals surface area contributed by atoms with E-state index in [1.807, 2.05) is 0 Å². The first kappa shape index (κ1) is 83.5. The molecular weight excluding hydrogens is 1530 g/mol. The van der Waals surface area contributed by atoms with Gasteiger partial charge in [0.15, 0.2) is 36.2 Å². The van der Waals surface area contributed by atoms with E-state index in [4.69, 9.17) is 72.6 Å². The third-order valence-corrected chi connectivity index (χ3v) is 20.5. The van der Waals surface area contributed by atoms with Crippen molar-refractivity contribution in [1.82, 2.24) is 37.2 Å². The monoisotopic (exact) mass is 1610 g/mol. The topological polar surface area (TPSA) is 610 Å². The van der Waals surface area contributed by atoms with Gasteiger partial charge in [-0.05, 0) is 110 Å². The lowest BCUT2D eigenvalue weighted by Crippen LogP contribution is -2.67. The standard InChI is InChI=1S/C72H85Cl2N9O29/c1-24(2)12-35(77-5)63(97)82-51-53(90)27-7-10-39(33(73)14-27)106-41-16-29-17-42(59(41)111-71-61(110-46-21-72(4,76)62(96)25(3)105-46)58(95)60(44(23-85)109-71)112-70-57(94)56(93)55(92)43(22-84)108-70)107-40-11-8-28(15-34(40)74)54(91)52-68(102)81-50(69(103)104)32-18-30(86)19-38(88)47(32)31-13-26(6-9-37(31)87)48(65(99)83-52)80-66(100)49(29)79-64(98)36(20-45(75)89)78-67(51)101/h6-11,13-19,24-25,35-36,43-44,46,48-58,60-62,70-71,77,84-88,90-96H,12,20-23,76H2,1-5H3,(H2,75,89)(H,78,101)(H,79,98)(H,80,100)(H,81,102)(H,82,97)(H,83,99)(H,103,104)/t25-,35+,36-,43-,44+,46-,48+,49+,50-,51+,52-,53+,54+,55-,56+,57-,58-,60+,61+,62+,70+,71-,72-/m0/s1. The predicted octanol–water partition coefficient (Wildman–Crippen LogP) is -2.07. The first-order chi connectivity index (χ1) is 52.9. The SMILES string of the molecule is CN[C@H](CC(C)C)C(=O)N[C@H]1C(=O)N[C@@H](CC(N)=O)C(=O)N[C@H]2C(=O)N[C@H]3C(=O)N[C@H](C(=O)N[C@H](C(=O)O)c4cc(O)cc(O)c4-c4cc3ccc4O)[C@H](O)c3ccc(c(Cl)c3)Oc3cc2cc(c3O[C@@H]2O[C@H](CO)[C@@H](O[C@H]3O[C@@H](CO)[C@H](O)[C@@H](O)[C@@H]3O)[C@H](O)[C@H]2O[C@H]2C[C@](C)(N)[C@H](O)[C@H](C)O2)Oc2ccc(cc2Cl)[C@H]1O. The van der Waals surface area contributed by atoms with Crippen molar-refractivity contribution in [3.8, 4) is 57.1 Å². The lowest BCUT2D eigenvalue weighted by atomic mass is 9.86. The zero-order chi connectivity index (χ0) is 81.5. The summed E-state index contributed by atoms with van der Waals surface area (Å²) in [5.41, 5.74) is 7.75. The van der Waals surface area contributed by atoms with Gasteiger partial charge >= 0.3 is 5.97 Å². The van der Waals surface area contributed by atoms with Crippen molar-refractivity contribution in [2.75, 3.05) is 20.3 Å². The van der Waals surface area contributed by atoms with Crippen molar-refractivity contribution in [3.05, 3.63) is 117 Å². The van der Waals surface area contributed by atoms with Gasteiger partial charge in [-0.25, -0.2) is 4.79 Å². The molecule has 8 aliphatic heterocycles. The molecule has 0 aromatic heterocycles. The second-order valence-corrected chi connectivity index (χ2v) is 29.3. The maximum Gasteiger partial charge on any atom is 0.330 e. The number of carboxylic acids is 1. The van der Waals surface area contributed by atoms with Crippen molar-refractivity contribution in [2.45, 2.75) is 187 Å². The molecule has 5 aromatic rings. The Morgan fingerprint density at radius 1 is 0.643 bits per heavy atom. The molecule has 11 bridgehead atoms. The van der Waals surface area contributed by atoms with Crippen LogP contribution in [0.3, 0.4) is 0 Å². The van der Waals surface area contributed by atoms with E-state index in [0.717, 1.165) is 72.8 Å². The summed E-state index contributed by atoms with van der Waals surface area (Å²) in [6, 6.07) is -1.42. The summed E-state index contributed by atoms with van der Waals surface area (Å²) in [4.78, 5) is 118. The maximum atomic E-state index is 16.2. The number of phenols is 3. The Morgan fingerprint density at radius 3 is 1.83 bits per heavy atom. The number of carboxylic acid groups (broad SMARTS) is 1. The van der Waals surface area contributed by atoms with Crippen molar-refractivity contribution in [2.24, 2.45) is 17.4 Å². The minimum atomic E-state index is -2.42. The molecule has 24 N–H and O–H groups in total. The summed E-state index contributed by atoms with van der Waals surface area (Å²) in [6.07, 6.45) is -29.6. The minimum Gasteiger partial charge on any atom is -0.508 e. The van der Waals surface area contributed by atoms with Crippen LogP contribution in [0.1, 0.15) is 105 Å². The van der Waals surface area contributed by atoms with E-state index in [1.165, 1.54) is 27.0 Å². The van der Waals surface area contributed by atoms with Gasteiger partial charge in [-0.2, -0.15) is 0 Å². The number of benzene rings is 5. The number of nitrogens with one attached hydrogen (secondary N) is 7. The van der Waals surface area contributed by atoms with Gasteiger partial charge in [0.1, 0.15) is 114 Å². The van der Waals surface area contributed by atoms with E-state index < -0.39 is 291 Å². The summed E-state index contributed by atoms with van der Waals surface area (Å²) in [5, 5.41) is 164. The number of aliphatic hydroxyl groups excluding tert-OH is 9. The predicted molar refractivity (Wildman–Crippen MR) is 382 cm³/mol. The van der Waals surface area contributed by atoms with Crippen LogP contribution >= 0.6 is 23.2 Å². The number of aliphatic hydroxyl groups is 9. The summed E-state index contributed by atoms with van der Waals surface area (Å²) in [7, 11) is 1.46. The van der Waals surface area contributed by atoms with Crippen LogP contribution in [0.15, 0.2) is 78.9 Å². The normalized spacial score (nSPS) is 31.9. The molecule has 5 aromatic carbocycles. The summed E-state index contributed by atoms with van der Waals surface area (Å²) >= 11 is 14.2. The number of hydrogen-bond acceptors (Lipinski definition) is 30. The number of ether oxygens (including phenoxy) is 8. The number of primary amides is 1. The summed E-state index contributed by atoms with van der Waals surface area (Å²) < 4.78 is 50.9. The molecule has 8 heterocycles. The lowest BCUT2D eigenvalue weighted by Gasteiger charge is -2.49. The number of fused-ring (bicyclic) bond motifs is 15. The Kier molecular flexibility index (Phi) is 25.4. The van der Waals surface area contributed by atoms with Crippen LogP contribution in [0.5, 0.6) is 46.0 Å². The molecule has 40 heteroatoms. The molecule has 7 amide bonds. The Labute approximate surface area is 646 Å². The van der Waals surface area contributed by atoms with Crippen LogP contribution in [0.2, 0.25) is 10.0 Å². The van der Waals surface area contributed by atoms with E-state index in [-0.39, 0.29) is 29.9 Å². The third-order valence-electron chi connectivity index (χ3n) is 19.9. The molecule has 0 aliphatic carbocycles. The van der Waals surface area contributed by atoms with E-state index in [2.05, 4.69) is 37.2 Å². The maximum absolute atomic E-state index is 16.2. The molecule has 3 saturated heterocycles. The van der Waals surface area contributed by atoms with Crippen molar-refractivity contribution in [3.63, 3.8) is 0 Å². The Hall–Kier alpha value is -9.40. The zero-order valence-electron chi connectivity index (χ0n) is 60.1. The van der Waals surface area contributed by atoms with Crippen molar-refractivity contribution >= 4 is 70.5 Å². The zero-order valence-corrected chi connectivity index (χ0v) is 61.6. The highest BCUT2D eigenvalue weighted by Gasteiger charge is 2.55. The van der Waals surface area contributed by atoms with E-state index in [1.54, 1.807) is 13.8 Å². The fraction of sp³-hybridized carbons (Fsp3) is 0.472. The van der Waals surface area contributed by atoms with Gasteiger partial charge in [0.25, 0.3) is 0 Å². The molecule has 3 fully saturated rings. The number of aliphatic carboxylic acids is 1. The average molecular weight is 1610 g/mol. The number of rotatable bonds is 16. The first-order valence-electron chi connectivity index (χ1n) is 35.1. The molecule has 606 valence electrons. The number of likely N-dealkylation sites (N-methyl/N-ethyl adjacent to an activating group) is 1. The molecule has 112 heavy (non-hydrogen) atoms. The Balaban J connectivity index is 1.16. The molecular formula is C72H85Cl2N9O29. The molecule has 38 nitrogen and oxygen atoms in total. The molecule has 23 atom stereocenters. The van der Waals surface area contributed by atoms with Crippen LogP contribution in [0, 0.1) is 5.92 Å². The highest BCUT2D eigenvalue weighted by atomic mass is 35.5. The molecule has 0 saturated carbocycles. The second kappa shape index (κ2) is 34.1. The molecule has 0 unspecified atom stereocenters. The minimum absolute atomic E-state index is 0.128. The average Bonchev–Trinajstić information content (AvgIpc) is 0.762. The van der Waals surface area contributed by atoms with Crippen molar-refractivity contribution in [1.29, 1.82) is 0 Å². The van der Waals surface area contributed by atoms with Gasteiger partial charge in [0.2, 0.25) is 53.4 Å². The van der Waals surface area contributed by atoms with Crippen LogP contribution in [-0.4, -0.2) is 244 Å². The summed E-state index contributed by atoms with van der Waals surface area (Å²) in [6.45, 7) is 4.45. The van der Waals surface area contributed by atoms with E-state index in [0.29, 0.717) is 0 Å². The fourth-order valence-electron chi connectivity index (χ4n) is 14.0. The highest BCUT2D eigenvalue weighted by molar-refractivity contribution is 6.32. The lowest BCUT2D eigenvalue weighted by molar-refractivity contribution is -0.369. The van der Waals surface area contributed by atoms with Gasteiger partial charge in [0, 0.05) is 34.7 Å². The number of carbonyl (C=O) groups is 8. The van der Waals surface area contributed by atoms with Gasteiger partial charge in [0.05, 0.1) is 47.9 Å². The van der Waals surface area contributed by atoms with Gasteiger partial charge in [-0.1, -0.05) is 55.2 Å². The number of hydrogen-bond donors (Lipinski definition) is 22. The number of carbonyl (C=O) groups excluding carboxylic acids is 7. The largest absolute Gasteiger partial charge is 0.508 e. The van der Waals surface area contributed by atoms with Crippen LogP contribution in [0.4, 0.5) is 0 Å². The summed E-state index contributed by atoms with van der Waals surface area (Å²) in [5.74, 6) is -16.8. The number of phenolic OH excluding ortho intramolecular Hbond substituents is 3. The molecule has 0 spiro atoms. The molecule has 8 aliphatic rings. The fourth-order valence-corrected chi connectivity index (χ4v) is 14.4.